The largest absolute Gasteiger partial charge is 0.312 e. The van der Waals surface area contributed by atoms with E-state index in [1.807, 2.05) is 4.57 Å². The van der Waals surface area contributed by atoms with Crippen molar-refractivity contribution in [1.82, 2.24) is 19.7 Å². The highest BCUT2D eigenvalue weighted by atomic mass is 35.5. The van der Waals surface area contributed by atoms with Crippen molar-refractivity contribution in [3.8, 4) is 0 Å². The predicted molar refractivity (Wildman–Crippen MR) is 62.1 cm³/mol. The molecule has 0 spiro atoms. The number of nitrogens with zero attached hydrogens (tertiary/aromatic N) is 4. The topological polar surface area (TPSA) is 34.0 Å². The van der Waals surface area contributed by atoms with Crippen LogP contribution in [0.25, 0.3) is 0 Å². The predicted octanol–water partition coefficient (Wildman–Crippen LogP) is 1.92. The molecule has 1 unspecified atom stereocenters. The molecule has 1 rings (SSSR count). The molecule has 0 fully saturated rings. The van der Waals surface area contributed by atoms with Gasteiger partial charge in [0.2, 0.25) is 0 Å². The second kappa shape index (κ2) is 6.08. The van der Waals surface area contributed by atoms with Crippen molar-refractivity contribution >= 4 is 11.6 Å². The first-order valence-electron chi connectivity index (χ1n) is 5.39. The maximum absolute atomic E-state index is 5.78. The molecule has 0 saturated heterocycles. The van der Waals surface area contributed by atoms with Crippen molar-refractivity contribution < 1.29 is 0 Å². The van der Waals surface area contributed by atoms with Crippen molar-refractivity contribution in [2.45, 2.75) is 32.7 Å². The maximum Gasteiger partial charge on any atom is 0.148 e. The van der Waals surface area contributed by atoms with Crippen LogP contribution < -0.4 is 0 Å². The van der Waals surface area contributed by atoms with E-state index >= 15 is 0 Å². The molecular formula is C10H19ClN4. The van der Waals surface area contributed by atoms with Gasteiger partial charge in [-0.2, -0.15) is 0 Å². The minimum Gasteiger partial charge on any atom is -0.312 e. The average molecular weight is 231 g/mol. The van der Waals surface area contributed by atoms with E-state index in [-0.39, 0.29) is 0 Å². The van der Waals surface area contributed by atoms with E-state index in [4.69, 9.17) is 11.6 Å². The van der Waals surface area contributed by atoms with Gasteiger partial charge >= 0.3 is 0 Å². The molecule has 0 bridgehead atoms. The van der Waals surface area contributed by atoms with Crippen LogP contribution in [0.5, 0.6) is 0 Å². The number of halogens is 1. The maximum atomic E-state index is 5.78. The number of hydrogen-bond acceptors (Lipinski definition) is 3. The number of likely N-dealkylation sites (N-methyl/N-ethyl adjacent to an activating group) is 1. The normalized spacial score (nSPS) is 13.4. The Morgan fingerprint density at radius 3 is 2.67 bits per heavy atom. The van der Waals surface area contributed by atoms with Crippen LogP contribution in [0.15, 0.2) is 6.33 Å². The summed E-state index contributed by atoms with van der Waals surface area (Å²) in [7, 11) is 0. The van der Waals surface area contributed by atoms with Crippen molar-refractivity contribution in [3.63, 3.8) is 0 Å². The van der Waals surface area contributed by atoms with Crippen molar-refractivity contribution in [2.75, 3.05) is 19.6 Å². The summed E-state index contributed by atoms with van der Waals surface area (Å²) in [6.07, 6.45) is 1.76. The van der Waals surface area contributed by atoms with E-state index in [0.29, 0.717) is 11.9 Å². The summed E-state index contributed by atoms with van der Waals surface area (Å²) in [4.78, 5) is 2.38. The summed E-state index contributed by atoms with van der Waals surface area (Å²) in [6, 6.07) is 0.369. The van der Waals surface area contributed by atoms with Gasteiger partial charge in [0.1, 0.15) is 12.2 Å². The fourth-order valence-corrected chi connectivity index (χ4v) is 1.87. The summed E-state index contributed by atoms with van der Waals surface area (Å²) < 4.78 is 2.05. The molecule has 86 valence electrons. The van der Waals surface area contributed by atoms with E-state index in [2.05, 4.69) is 35.9 Å². The first kappa shape index (κ1) is 12.5. The van der Waals surface area contributed by atoms with Crippen LogP contribution in [0.1, 0.15) is 32.6 Å². The van der Waals surface area contributed by atoms with E-state index in [0.717, 1.165) is 25.5 Å². The second-order valence-electron chi connectivity index (χ2n) is 3.62. The van der Waals surface area contributed by atoms with Gasteiger partial charge in [-0.05, 0) is 20.0 Å². The molecular weight excluding hydrogens is 212 g/mol. The highest BCUT2D eigenvalue weighted by molar-refractivity contribution is 6.16. The van der Waals surface area contributed by atoms with E-state index in [1.54, 1.807) is 6.33 Å². The molecule has 0 amide bonds. The van der Waals surface area contributed by atoms with Gasteiger partial charge in [0.05, 0.1) is 5.88 Å². The van der Waals surface area contributed by atoms with Crippen LogP contribution in [0, 0.1) is 0 Å². The zero-order chi connectivity index (χ0) is 11.3. The third kappa shape index (κ3) is 3.18. The molecule has 4 nitrogen and oxygen atoms in total. The third-order valence-electron chi connectivity index (χ3n) is 2.66. The van der Waals surface area contributed by atoms with Gasteiger partial charge in [0.25, 0.3) is 0 Å². The number of aromatic nitrogens is 3. The fourth-order valence-electron chi connectivity index (χ4n) is 1.67. The average Bonchev–Trinajstić information content (AvgIpc) is 2.73. The van der Waals surface area contributed by atoms with Crippen LogP contribution >= 0.6 is 11.6 Å². The van der Waals surface area contributed by atoms with Crippen LogP contribution in [-0.4, -0.2) is 39.3 Å². The SMILES string of the molecule is CCN(CC)CC(C)n1cnnc1CCl. The monoisotopic (exact) mass is 230 g/mol. The summed E-state index contributed by atoms with van der Waals surface area (Å²) in [6.45, 7) is 9.65. The number of hydrogen-bond donors (Lipinski definition) is 0. The van der Waals surface area contributed by atoms with Gasteiger partial charge < -0.3 is 9.47 Å². The van der Waals surface area contributed by atoms with Gasteiger partial charge in [-0.15, -0.1) is 21.8 Å². The van der Waals surface area contributed by atoms with Crippen LogP contribution in [0.2, 0.25) is 0 Å². The van der Waals surface area contributed by atoms with E-state index in [9.17, 15) is 0 Å². The lowest BCUT2D eigenvalue weighted by Crippen LogP contribution is -2.29. The molecule has 0 saturated carbocycles. The molecule has 1 heterocycles. The van der Waals surface area contributed by atoms with Gasteiger partial charge in [0.15, 0.2) is 0 Å². The zero-order valence-electron chi connectivity index (χ0n) is 9.65. The second-order valence-corrected chi connectivity index (χ2v) is 3.89. The number of rotatable bonds is 6. The Labute approximate surface area is 96.2 Å². The van der Waals surface area contributed by atoms with Crippen molar-refractivity contribution in [1.29, 1.82) is 0 Å². The van der Waals surface area contributed by atoms with Gasteiger partial charge in [-0.3, -0.25) is 0 Å². The van der Waals surface area contributed by atoms with Crippen LogP contribution in [0.3, 0.4) is 0 Å². The van der Waals surface area contributed by atoms with Crippen molar-refractivity contribution in [3.05, 3.63) is 12.2 Å². The lowest BCUT2D eigenvalue weighted by molar-refractivity contribution is 0.259. The first-order chi connectivity index (χ1) is 7.22. The lowest BCUT2D eigenvalue weighted by Gasteiger charge is -2.23. The van der Waals surface area contributed by atoms with Crippen LogP contribution in [0.4, 0.5) is 0 Å². The summed E-state index contributed by atoms with van der Waals surface area (Å²) in [5, 5.41) is 7.86. The quantitative estimate of drug-likeness (QED) is 0.701. The summed E-state index contributed by atoms with van der Waals surface area (Å²) >= 11 is 5.78. The summed E-state index contributed by atoms with van der Waals surface area (Å²) in [5.41, 5.74) is 0. The van der Waals surface area contributed by atoms with Crippen molar-refractivity contribution in [2.24, 2.45) is 0 Å². The summed E-state index contributed by atoms with van der Waals surface area (Å²) in [5.74, 6) is 1.26. The zero-order valence-corrected chi connectivity index (χ0v) is 10.4. The minimum absolute atomic E-state index is 0.369. The van der Waals surface area contributed by atoms with E-state index in [1.165, 1.54) is 0 Å². The minimum atomic E-state index is 0.369. The molecule has 15 heavy (non-hydrogen) atoms. The molecule has 0 N–H and O–H groups in total. The third-order valence-corrected chi connectivity index (χ3v) is 2.90. The molecule has 1 atom stereocenters. The molecule has 1 aromatic rings. The number of alkyl halides is 1. The lowest BCUT2D eigenvalue weighted by atomic mass is 10.3. The Kier molecular flexibility index (Phi) is 5.05. The Balaban J connectivity index is 2.63. The molecule has 5 heteroatoms. The smallest absolute Gasteiger partial charge is 0.148 e. The molecule has 0 aliphatic carbocycles. The standard InChI is InChI=1S/C10H19ClN4/c1-4-14(5-2)7-9(3)15-8-12-13-10(15)6-11/h8-9H,4-7H2,1-3H3. The fraction of sp³-hybridized carbons (Fsp3) is 0.800. The Morgan fingerprint density at radius 2 is 2.13 bits per heavy atom. The first-order valence-corrected chi connectivity index (χ1v) is 5.93. The molecule has 0 aromatic carbocycles. The van der Waals surface area contributed by atoms with Gasteiger partial charge in [-0.25, -0.2) is 0 Å². The highest BCUT2D eigenvalue weighted by Crippen LogP contribution is 2.11. The Morgan fingerprint density at radius 1 is 1.47 bits per heavy atom. The van der Waals surface area contributed by atoms with Gasteiger partial charge in [-0.1, -0.05) is 13.8 Å². The Bertz CT molecular complexity index is 283. The molecule has 0 aliphatic rings. The van der Waals surface area contributed by atoms with E-state index < -0.39 is 0 Å². The van der Waals surface area contributed by atoms with Crippen LogP contribution in [-0.2, 0) is 5.88 Å². The molecule has 0 aliphatic heterocycles. The highest BCUT2D eigenvalue weighted by Gasteiger charge is 2.12. The Hall–Kier alpha value is -0.610. The van der Waals surface area contributed by atoms with Gasteiger partial charge in [0, 0.05) is 12.6 Å². The molecule has 1 aromatic heterocycles. The molecule has 0 radical (unpaired) electrons.